The summed E-state index contributed by atoms with van der Waals surface area (Å²) in [5.74, 6) is -0.753. The Kier molecular flexibility index (Phi) is 4.42. The SMILES string of the molecule is CCOC(=O)c1ccc(NC(=O)C2COC(=O)N2C)cc1. The minimum absolute atomic E-state index is 0.0298. The summed E-state index contributed by atoms with van der Waals surface area (Å²) in [6.45, 7) is 2.06. The third kappa shape index (κ3) is 3.31. The van der Waals surface area contributed by atoms with Crippen LogP contribution in [0.25, 0.3) is 0 Å². The molecule has 1 aliphatic heterocycles. The lowest BCUT2D eigenvalue weighted by atomic mass is 10.2. The summed E-state index contributed by atoms with van der Waals surface area (Å²) < 4.78 is 9.65. The maximum Gasteiger partial charge on any atom is 0.410 e. The average molecular weight is 292 g/mol. The van der Waals surface area contributed by atoms with E-state index in [2.05, 4.69) is 5.32 Å². The van der Waals surface area contributed by atoms with Crippen LogP contribution < -0.4 is 5.32 Å². The number of esters is 1. The lowest BCUT2D eigenvalue weighted by Gasteiger charge is -2.15. The Labute approximate surface area is 121 Å². The van der Waals surface area contributed by atoms with Gasteiger partial charge in [0, 0.05) is 12.7 Å². The summed E-state index contributed by atoms with van der Waals surface area (Å²) in [7, 11) is 1.50. The smallest absolute Gasteiger partial charge is 0.410 e. The molecule has 0 aromatic heterocycles. The Bertz CT molecular complexity index is 555. The van der Waals surface area contributed by atoms with Crippen molar-refractivity contribution in [2.75, 3.05) is 25.6 Å². The Morgan fingerprint density at radius 1 is 1.38 bits per heavy atom. The zero-order valence-corrected chi connectivity index (χ0v) is 11.8. The van der Waals surface area contributed by atoms with Crippen LogP contribution in [0, 0.1) is 0 Å². The van der Waals surface area contributed by atoms with Crippen LogP contribution in [-0.2, 0) is 14.3 Å². The largest absolute Gasteiger partial charge is 0.462 e. The normalized spacial score (nSPS) is 17.3. The van der Waals surface area contributed by atoms with Crippen LogP contribution in [0.3, 0.4) is 0 Å². The van der Waals surface area contributed by atoms with Crippen molar-refractivity contribution in [2.45, 2.75) is 13.0 Å². The van der Waals surface area contributed by atoms with Gasteiger partial charge in [0.2, 0.25) is 0 Å². The van der Waals surface area contributed by atoms with Gasteiger partial charge in [0.25, 0.3) is 5.91 Å². The summed E-state index contributed by atoms with van der Waals surface area (Å²) in [6.07, 6.45) is -0.521. The average Bonchev–Trinajstić information content (AvgIpc) is 2.80. The van der Waals surface area contributed by atoms with Crippen molar-refractivity contribution in [1.29, 1.82) is 0 Å². The molecule has 1 saturated heterocycles. The molecule has 0 aliphatic carbocycles. The lowest BCUT2D eigenvalue weighted by Crippen LogP contribution is -2.40. The van der Waals surface area contributed by atoms with Crippen molar-refractivity contribution < 1.29 is 23.9 Å². The minimum atomic E-state index is -0.651. The molecule has 1 atom stereocenters. The molecule has 0 spiro atoms. The summed E-state index contributed by atoms with van der Waals surface area (Å²) in [5.41, 5.74) is 0.937. The Hall–Kier alpha value is -2.57. The van der Waals surface area contributed by atoms with Gasteiger partial charge in [-0.05, 0) is 31.2 Å². The van der Waals surface area contributed by atoms with Gasteiger partial charge < -0.3 is 14.8 Å². The number of nitrogens with one attached hydrogen (secondary N) is 1. The highest BCUT2D eigenvalue weighted by Crippen LogP contribution is 2.14. The quantitative estimate of drug-likeness (QED) is 0.844. The fraction of sp³-hybridized carbons (Fsp3) is 0.357. The number of ether oxygens (including phenoxy) is 2. The van der Waals surface area contributed by atoms with Crippen LogP contribution >= 0.6 is 0 Å². The molecule has 0 radical (unpaired) electrons. The Balaban J connectivity index is 1.99. The van der Waals surface area contributed by atoms with E-state index in [9.17, 15) is 14.4 Å². The number of benzene rings is 1. The van der Waals surface area contributed by atoms with Gasteiger partial charge in [0.05, 0.1) is 12.2 Å². The van der Waals surface area contributed by atoms with Gasteiger partial charge in [0.1, 0.15) is 12.6 Å². The molecule has 1 heterocycles. The van der Waals surface area contributed by atoms with E-state index in [-0.39, 0.29) is 12.5 Å². The van der Waals surface area contributed by atoms with E-state index in [0.717, 1.165) is 0 Å². The van der Waals surface area contributed by atoms with E-state index in [1.54, 1.807) is 31.2 Å². The number of cyclic esters (lactones) is 1. The van der Waals surface area contributed by atoms with Gasteiger partial charge >= 0.3 is 12.1 Å². The zero-order valence-electron chi connectivity index (χ0n) is 11.8. The van der Waals surface area contributed by atoms with Crippen LogP contribution in [0.4, 0.5) is 10.5 Å². The van der Waals surface area contributed by atoms with E-state index in [1.165, 1.54) is 11.9 Å². The predicted octanol–water partition coefficient (Wildman–Crippen LogP) is 1.25. The number of amides is 2. The summed E-state index contributed by atoms with van der Waals surface area (Å²) in [6, 6.07) is 5.67. The van der Waals surface area contributed by atoms with Crippen molar-refractivity contribution in [3.63, 3.8) is 0 Å². The number of anilines is 1. The van der Waals surface area contributed by atoms with Gasteiger partial charge in [-0.25, -0.2) is 9.59 Å². The number of hydrogen-bond acceptors (Lipinski definition) is 5. The highest BCUT2D eigenvalue weighted by molar-refractivity contribution is 5.98. The topological polar surface area (TPSA) is 84.9 Å². The summed E-state index contributed by atoms with van der Waals surface area (Å²) in [4.78, 5) is 35.9. The molecule has 7 heteroatoms. The highest BCUT2D eigenvalue weighted by Gasteiger charge is 2.35. The first-order chi connectivity index (χ1) is 10.0. The number of hydrogen-bond donors (Lipinski definition) is 1. The third-order valence-electron chi connectivity index (χ3n) is 3.09. The molecule has 21 heavy (non-hydrogen) atoms. The van der Waals surface area contributed by atoms with Gasteiger partial charge in [-0.15, -0.1) is 0 Å². The van der Waals surface area contributed by atoms with Crippen molar-refractivity contribution >= 4 is 23.7 Å². The number of carbonyl (C=O) groups excluding carboxylic acids is 3. The Morgan fingerprint density at radius 2 is 2.05 bits per heavy atom. The standard InChI is InChI=1S/C14H16N2O5/c1-3-20-13(18)9-4-6-10(7-5-9)15-12(17)11-8-21-14(19)16(11)2/h4-7,11H,3,8H2,1-2H3,(H,15,17). The van der Waals surface area contributed by atoms with E-state index < -0.39 is 18.1 Å². The number of nitrogens with zero attached hydrogens (tertiary/aromatic N) is 1. The fourth-order valence-electron chi connectivity index (χ4n) is 1.87. The van der Waals surface area contributed by atoms with Crippen LogP contribution in [0.2, 0.25) is 0 Å². The van der Waals surface area contributed by atoms with Crippen molar-refractivity contribution in [3.8, 4) is 0 Å². The molecule has 1 N–H and O–H groups in total. The molecule has 112 valence electrons. The predicted molar refractivity (Wildman–Crippen MR) is 73.9 cm³/mol. The molecule has 7 nitrogen and oxygen atoms in total. The Morgan fingerprint density at radius 3 is 2.57 bits per heavy atom. The zero-order chi connectivity index (χ0) is 15.4. The van der Waals surface area contributed by atoms with Crippen LogP contribution in [0.15, 0.2) is 24.3 Å². The number of carbonyl (C=O) groups is 3. The lowest BCUT2D eigenvalue weighted by molar-refractivity contribution is -0.119. The summed E-state index contributed by atoms with van der Waals surface area (Å²) in [5, 5.41) is 2.67. The molecular weight excluding hydrogens is 276 g/mol. The maximum atomic E-state index is 12.0. The highest BCUT2D eigenvalue weighted by atomic mass is 16.6. The molecule has 2 amide bonds. The van der Waals surface area contributed by atoms with Crippen molar-refractivity contribution in [2.24, 2.45) is 0 Å². The molecule has 1 unspecified atom stereocenters. The second-order valence-corrected chi connectivity index (χ2v) is 4.49. The van der Waals surface area contributed by atoms with Crippen molar-refractivity contribution in [3.05, 3.63) is 29.8 Å². The first-order valence-electron chi connectivity index (χ1n) is 6.50. The van der Waals surface area contributed by atoms with Gasteiger partial charge in [0.15, 0.2) is 0 Å². The van der Waals surface area contributed by atoms with Gasteiger partial charge in [-0.2, -0.15) is 0 Å². The van der Waals surface area contributed by atoms with E-state index >= 15 is 0 Å². The summed E-state index contributed by atoms with van der Waals surface area (Å²) >= 11 is 0. The molecular formula is C14H16N2O5. The molecule has 2 rings (SSSR count). The fourth-order valence-corrected chi connectivity index (χ4v) is 1.87. The molecule has 1 aromatic rings. The second-order valence-electron chi connectivity index (χ2n) is 4.49. The van der Waals surface area contributed by atoms with Gasteiger partial charge in [-0.3, -0.25) is 9.69 Å². The monoisotopic (exact) mass is 292 g/mol. The van der Waals surface area contributed by atoms with E-state index in [4.69, 9.17) is 9.47 Å². The molecule has 1 aliphatic rings. The molecule has 0 saturated carbocycles. The molecule has 1 fully saturated rings. The second kappa shape index (κ2) is 6.25. The first kappa shape index (κ1) is 14.8. The maximum absolute atomic E-state index is 12.0. The van der Waals surface area contributed by atoms with Gasteiger partial charge in [-0.1, -0.05) is 0 Å². The van der Waals surface area contributed by atoms with Crippen LogP contribution in [0.1, 0.15) is 17.3 Å². The third-order valence-corrected chi connectivity index (χ3v) is 3.09. The van der Waals surface area contributed by atoms with Crippen LogP contribution in [-0.4, -0.2) is 49.2 Å². The van der Waals surface area contributed by atoms with E-state index in [0.29, 0.717) is 17.9 Å². The minimum Gasteiger partial charge on any atom is -0.462 e. The molecule has 1 aromatic carbocycles. The van der Waals surface area contributed by atoms with Crippen LogP contribution in [0.5, 0.6) is 0 Å². The first-order valence-corrected chi connectivity index (χ1v) is 6.50. The molecule has 0 bridgehead atoms. The van der Waals surface area contributed by atoms with Crippen molar-refractivity contribution in [1.82, 2.24) is 4.90 Å². The number of likely N-dealkylation sites (N-methyl/N-ethyl adjacent to an activating group) is 1. The number of rotatable bonds is 4. The van der Waals surface area contributed by atoms with E-state index in [1.807, 2.05) is 0 Å².